The van der Waals surface area contributed by atoms with Gasteiger partial charge in [0.25, 0.3) is 5.91 Å². The molecular weight excluding hydrogens is 280 g/mol. The maximum absolute atomic E-state index is 11.7. The van der Waals surface area contributed by atoms with E-state index < -0.39 is 26.7 Å². The molecule has 1 amide bonds. The van der Waals surface area contributed by atoms with E-state index in [1.165, 1.54) is 13.2 Å². The number of rotatable bonds is 5. The SMILES string of the molecule is Cc1[nH]nc(C(=O)NCCS(C)=O)c1S(N)(=O)=O. The predicted octanol–water partition coefficient (Wildman–Crippen LogP) is -1.53. The Morgan fingerprint density at radius 1 is 1.56 bits per heavy atom. The van der Waals surface area contributed by atoms with Gasteiger partial charge in [0, 0.05) is 29.4 Å². The van der Waals surface area contributed by atoms with E-state index in [0.717, 1.165) is 0 Å². The lowest BCUT2D eigenvalue weighted by Gasteiger charge is -2.03. The Bertz CT molecular complexity index is 578. The minimum absolute atomic E-state index is 0.165. The maximum atomic E-state index is 11.7. The van der Waals surface area contributed by atoms with Gasteiger partial charge in [-0.05, 0) is 6.92 Å². The van der Waals surface area contributed by atoms with E-state index in [0.29, 0.717) is 0 Å². The Labute approximate surface area is 107 Å². The van der Waals surface area contributed by atoms with Crippen LogP contribution in [-0.2, 0) is 20.8 Å². The lowest BCUT2D eigenvalue weighted by molar-refractivity contribution is 0.0948. The quantitative estimate of drug-likeness (QED) is 0.605. The molecule has 1 rings (SSSR count). The molecule has 0 aliphatic rings. The molecule has 18 heavy (non-hydrogen) atoms. The molecule has 0 aliphatic carbocycles. The van der Waals surface area contributed by atoms with Gasteiger partial charge in [0.2, 0.25) is 10.0 Å². The summed E-state index contributed by atoms with van der Waals surface area (Å²) in [5, 5.41) is 13.4. The molecule has 1 aromatic rings. The minimum Gasteiger partial charge on any atom is -0.350 e. The average molecular weight is 294 g/mol. The van der Waals surface area contributed by atoms with Gasteiger partial charge < -0.3 is 5.32 Å². The van der Waals surface area contributed by atoms with Gasteiger partial charge in [0.1, 0.15) is 4.90 Å². The highest BCUT2D eigenvalue weighted by molar-refractivity contribution is 7.89. The lowest BCUT2D eigenvalue weighted by atomic mass is 10.3. The summed E-state index contributed by atoms with van der Waals surface area (Å²) in [5.74, 6) is -0.395. The van der Waals surface area contributed by atoms with Crippen LogP contribution >= 0.6 is 0 Å². The third-order valence-corrected chi connectivity index (χ3v) is 3.91. The summed E-state index contributed by atoms with van der Waals surface area (Å²) < 4.78 is 33.4. The second-order valence-electron chi connectivity index (χ2n) is 3.60. The third kappa shape index (κ3) is 3.62. The van der Waals surface area contributed by atoms with Crippen molar-refractivity contribution >= 4 is 26.7 Å². The third-order valence-electron chi connectivity index (χ3n) is 2.07. The largest absolute Gasteiger partial charge is 0.350 e. The summed E-state index contributed by atoms with van der Waals surface area (Å²) >= 11 is 0. The molecule has 0 bridgehead atoms. The van der Waals surface area contributed by atoms with E-state index >= 15 is 0 Å². The van der Waals surface area contributed by atoms with Gasteiger partial charge in [0.15, 0.2) is 5.69 Å². The second kappa shape index (κ2) is 5.59. The molecule has 0 aromatic carbocycles. The van der Waals surface area contributed by atoms with Crippen LogP contribution in [-0.4, -0.2) is 47.3 Å². The van der Waals surface area contributed by atoms with Crippen LogP contribution in [0.25, 0.3) is 0 Å². The first-order valence-corrected chi connectivity index (χ1v) is 8.17. The maximum Gasteiger partial charge on any atom is 0.273 e. The molecular formula is C8H14N4O4S2. The fraction of sp³-hybridized carbons (Fsp3) is 0.500. The van der Waals surface area contributed by atoms with Crippen LogP contribution in [0.5, 0.6) is 0 Å². The van der Waals surface area contributed by atoms with Crippen molar-refractivity contribution in [2.45, 2.75) is 11.8 Å². The summed E-state index contributed by atoms with van der Waals surface area (Å²) in [6, 6.07) is 0. The van der Waals surface area contributed by atoms with Crippen molar-refractivity contribution in [1.82, 2.24) is 15.5 Å². The zero-order valence-electron chi connectivity index (χ0n) is 9.89. The lowest BCUT2D eigenvalue weighted by Crippen LogP contribution is -2.29. The van der Waals surface area contributed by atoms with Gasteiger partial charge in [0.05, 0.1) is 5.69 Å². The van der Waals surface area contributed by atoms with Crippen molar-refractivity contribution in [2.75, 3.05) is 18.6 Å². The number of nitrogens with zero attached hydrogens (tertiary/aromatic N) is 1. The molecule has 0 spiro atoms. The molecule has 1 aromatic heterocycles. The van der Waals surface area contributed by atoms with Crippen molar-refractivity contribution < 1.29 is 17.4 Å². The van der Waals surface area contributed by atoms with Crippen LogP contribution in [0.2, 0.25) is 0 Å². The van der Waals surface area contributed by atoms with Crippen LogP contribution < -0.4 is 10.5 Å². The van der Waals surface area contributed by atoms with Crippen molar-refractivity contribution in [2.24, 2.45) is 5.14 Å². The van der Waals surface area contributed by atoms with E-state index in [1.807, 2.05) is 0 Å². The fourth-order valence-corrected chi connectivity index (χ4v) is 2.58. The number of nitrogens with one attached hydrogen (secondary N) is 2. The Morgan fingerprint density at radius 3 is 2.67 bits per heavy atom. The monoisotopic (exact) mass is 294 g/mol. The Morgan fingerprint density at radius 2 is 2.17 bits per heavy atom. The number of H-pyrrole nitrogens is 1. The zero-order valence-corrected chi connectivity index (χ0v) is 11.5. The van der Waals surface area contributed by atoms with E-state index in [-0.39, 0.29) is 28.6 Å². The topological polar surface area (TPSA) is 135 Å². The Hall–Kier alpha value is -1.26. The molecule has 10 heteroatoms. The van der Waals surface area contributed by atoms with Crippen LogP contribution in [0, 0.1) is 6.92 Å². The number of carbonyl (C=O) groups is 1. The number of aromatic amines is 1. The number of aryl methyl sites for hydroxylation is 1. The number of carbonyl (C=O) groups excluding carboxylic acids is 1. The number of nitrogens with two attached hydrogens (primary N) is 1. The number of hydrogen-bond acceptors (Lipinski definition) is 5. The molecule has 0 radical (unpaired) electrons. The molecule has 0 saturated heterocycles. The molecule has 0 fully saturated rings. The Kier molecular flexibility index (Phi) is 4.59. The summed E-state index contributed by atoms with van der Waals surface area (Å²) in [4.78, 5) is 11.4. The van der Waals surface area contributed by atoms with Crippen LogP contribution in [0.15, 0.2) is 4.90 Å². The summed E-state index contributed by atoms with van der Waals surface area (Å²) in [5.41, 5.74) is -0.0846. The molecule has 1 unspecified atom stereocenters. The highest BCUT2D eigenvalue weighted by Crippen LogP contribution is 2.15. The van der Waals surface area contributed by atoms with Gasteiger partial charge in [-0.15, -0.1) is 0 Å². The molecule has 8 nitrogen and oxygen atoms in total. The van der Waals surface area contributed by atoms with Gasteiger partial charge in [-0.2, -0.15) is 5.10 Å². The molecule has 102 valence electrons. The first kappa shape index (κ1) is 14.8. The zero-order chi connectivity index (χ0) is 13.9. The predicted molar refractivity (Wildman–Crippen MR) is 66.0 cm³/mol. The van der Waals surface area contributed by atoms with E-state index in [9.17, 15) is 17.4 Å². The van der Waals surface area contributed by atoms with Crippen molar-refractivity contribution in [1.29, 1.82) is 0 Å². The first-order chi connectivity index (χ1) is 8.23. The summed E-state index contributed by atoms with van der Waals surface area (Å²) in [6.45, 7) is 1.61. The second-order valence-corrected chi connectivity index (χ2v) is 6.66. The van der Waals surface area contributed by atoms with Crippen molar-refractivity contribution in [3.63, 3.8) is 0 Å². The van der Waals surface area contributed by atoms with Crippen molar-refractivity contribution in [3.05, 3.63) is 11.4 Å². The molecule has 0 aliphatic heterocycles. The van der Waals surface area contributed by atoms with Gasteiger partial charge in [-0.3, -0.25) is 14.1 Å². The van der Waals surface area contributed by atoms with Crippen LogP contribution in [0.3, 0.4) is 0 Å². The smallest absolute Gasteiger partial charge is 0.273 e. The molecule has 4 N–H and O–H groups in total. The van der Waals surface area contributed by atoms with Crippen LogP contribution in [0.1, 0.15) is 16.2 Å². The Balaban J connectivity index is 2.91. The van der Waals surface area contributed by atoms with E-state index in [2.05, 4.69) is 15.5 Å². The molecule has 1 atom stereocenters. The van der Waals surface area contributed by atoms with Crippen LogP contribution in [0.4, 0.5) is 0 Å². The highest BCUT2D eigenvalue weighted by Gasteiger charge is 2.25. The number of hydrogen-bond donors (Lipinski definition) is 3. The average Bonchev–Trinajstić information content (AvgIpc) is 2.58. The number of primary sulfonamides is 1. The first-order valence-electron chi connectivity index (χ1n) is 4.89. The summed E-state index contributed by atoms with van der Waals surface area (Å²) in [6.07, 6.45) is 1.50. The minimum atomic E-state index is -4.02. The normalized spacial score (nSPS) is 13.3. The number of sulfonamides is 1. The fourth-order valence-electron chi connectivity index (χ4n) is 1.31. The molecule has 0 saturated carbocycles. The number of amides is 1. The molecule has 1 heterocycles. The highest BCUT2D eigenvalue weighted by atomic mass is 32.2. The number of aromatic nitrogens is 2. The van der Waals surface area contributed by atoms with E-state index in [4.69, 9.17) is 5.14 Å². The summed E-state index contributed by atoms with van der Waals surface area (Å²) in [7, 11) is -5.06. The van der Waals surface area contributed by atoms with E-state index in [1.54, 1.807) is 0 Å². The van der Waals surface area contributed by atoms with Gasteiger partial charge in [-0.25, -0.2) is 13.6 Å². The van der Waals surface area contributed by atoms with Gasteiger partial charge in [-0.1, -0.05) is 0 Å². The van der Waals surface area contributed by atoms with Crippen molar-refractivity contribution in [3.8, 4) is 0 Å². The van der Waals surface area contributed by atoms with Gasteiger partial charge >= 0.3 is 0 Å². The standard InChI is InChI=1S/C8H14N4O4S2/c1-5-7(18(9,15)16)6(12-11-5)8(13)10-3-4-17(2)14/h3-4H2,1-2H3,(H,10,13)(H,11,12)(H2,9,15,16).